The van der Waals surface area contributed by atoms with Crippen molar-refractivity contribution in [3.8, 4) is 11.8 Å². The van der Waals surface area contributed by atoms with Crippen LogP contribution in [0.15, 0.2) is 24.3 Å². The summed E-state index contributed by atoms with van der Waals surface area (Å²) in [5.74, 6) is 1.18. The molecule has 1 aliphatic heterocycles. The molecule has 3 rings (SSSR count). The lowest BCUT2D eigenvalue weighted by molar-refractivity contribution is -0.124. The molecule has 27 heavy (non-hydrogen) atoms. The number of hydrogen-bond donors (Lipinski definition) is 1. The molecule has 146 valence electrons. The van der Waals surface area contributed by atoms with E-state index in [-0.39, 0.29) is 5.91 Å². The summed E-state index contributed by atoms with van der Waals surface area (Å²) in [4.78, 5) is 17.0. The molecule has 1 N–H and O–H groups in total. The normalized spacial score (nSPS) is 20.5. The molecule has 1 amide bonds. The van der Waals surface area contributed by atoms with Crippen molar-refractivity contribution in [3.63, 3.8) is 0 Å². The Labute approximate surface area is 162 Å². The third kappa shape index (κ3) is 5.44. The Morgan fingerprint density at radius 3 is 2.41 bits per heavy atom. The fourth-order valence-corrected chi connectivity index (χ4v) is 3.66. The van der Waals surface area contributed by atoms with Gasteiger partial charge in [0.1, 0.15) is 11.3 Å². The van der Waals surface area contributed by atoms with Gasteiger partial charge >= 0.3 is 0 Å². The minimum atomic E-state index is -0.697. The van der Waals surface area contributed by atoms with Crippen LogP contribution in [-0.2, 0) is 11.2 Å². The summed E-state index contributed by atoms with van der Waals surface area (Å²) in [5, 5.41) is 12.3. The number of nitriles is 1. The van der Waals surface area contributed by atoms with Crippen LogP contribution in [0, 0.1) is 17.2 Å². The lowest BCUT2D eigenvalue weighted by Crippen LogP contribution is -2.53. The highest BCUT2D eigenvalue weighted by Gasteiger charge is 2.43. The van der Waals surface area contributed by atoms with E-state index in [0.717, 1.165) is 57.7 Å². The second-order valence-electron chi connectivity index (χ2n) is 7.85. The zero-order valence-corrected chi connectivity index (χ0v) is 16.4. The van der Waals surface area contributed by atoms with Crippen molar-refractivity contribution in [1.29, 1.82) is 5.26 Å². The number of piperazine rings is 1. The third-order valence-corrected chi connectivity index (χ3v) is 5.73. The van der Waals surface area contributed by atoms with Crippen LogP contribution < -0.4 is 10.1 Å². The molecule has 0 radical (unpaired) electrons. The van der Waals surface area contributed by atoms with Crippen LogP contribution in [0.4, 0.5) is 0 Å². The van der Waals surface area contributed by atoms with Crippen LogP contribution in [0.2, 0.25) is 0 Å². The number of ether oxygens (including phenoxy) is 1. The van der Waals surface area contributed by atoms with Gasteiger partial charge in [0, 0.05) is 32.7 Å². The summed E-state index contributed by atoms with van der Waals surface area (Å²) >= 11 is 0. The van der Waals surface area contributed by atoms with E-state index in [1.165, 1.54) is 5.56 Å². The first-order valence-electron chi connectivity index (χ1n) is 9.82. The minimum Gasteiger partial charge on any atom is -0.497 e. The van der Waals surface area contributed by atoms with E-state index in [1.807, 2.05) is 19.1 Å². The van der Waals surface area contributed by atoms with Crippen molar-refractivity contribution in [2.24, 2.45) is 5.92 Å². The van der Waals surface area contributed by atoms with Crippen molar-refractivity contribution in [2.45, 2.75) is 31.7 Å². The smallest absolute Gasteiger partial charge is 0.235 e. The Kier molecular flexibility index (Phi) is 6.35. The minimum absolute atomic E-state index is 0.0300. The maximum Gasteiger partial charge on any atom is 0.235 e. The van der Waals surface area contributed by atoms with E-state index in [0.29, 0.717) is 12.5 Å². The van der Waals surface area contributed by atoms with E-state index in [9.17, 15) is 10.1 Å². The Morgan fingerprint density at radius 2 is 1.85 bits per heavy atom. The number of hydrogen-bond acceptors (Lipinski definition) is 5. The van der Waals surface area contributed by atoms with E-state index >= 15 is 0 Å². The average Bonchev–Trinajstić information content (AvgIpc) is 3.53. The van der Waals surface area contributed by atoms with Gasteiger partial charge in [-0.05, 0) is 49.8 Å². The van der Waals surface area contributed by atoms with Crippen molar-refractivity contribution in [3.05, 3.63) is 29.8 Å². The zero-order valence-electron chi connectivity index (χ0n) is 16.4. The Balaban J connectivity index is 1.37. The number of methoxy groups -OCH3 is 1. The Bertz CT molecular complexity index is 672. The average molecular weight is 370 g/mol. The predicted molar refractivity (Wildman–Crippen MR) is 104 cm³/mol. The molecule has 0 aromatic heterocycles. The van der Waals surface area contributed by atoms with Gasteiger partial charge in [-0.1, -0.05) is 12.1 Å². The fraction of sp³-hybridized carbons (Fsp3) is 0.619. The second kappa shape index (κ2) is 8.73. The summed E-state index contributed by atoms with van der Waals surface area (Å²) in [6.45, 7) is 6.99. The third-order valence-electron chi connectivity index (χ3n) is 5.73. The van der Waals surface area contributed by atoms with E-state index in [2.05, 4.69) is 33.3 Å². The van der Waals surface area contributed by atoms with Gasteiger partial charge in [0.2, 0.25) is 5.91 Å². The van der Waals surface area contributed by atoms with Crippen molar-refractivity contribution in [1.82, 2.24) is 15.1 Å². The lowest BCUT2D eigenvalue weighted by Gasteiger charge is -2.35. The van der Waals surface area contributed by atoms with Gasteiger partial charge in [0.05, 0.1) is 19.7 Å². The molecule has 1 atom stereocenters. The van der Waals surface area contributed by atoms with Gasteiger partial charge in [-0.3, -0.25) is 9.69 Å². The number of amides is 1. The van der Waals surface area contributed by atoms with Crippen molar-refractivity contribution < 1.29 is 9.53 Å². The highest BCUT2D eigenvalue weighted by atomic mass is 16.5. The highest BCUT2D eigenvalue weighted by Crippen LogP contribution is 2.39. The second-order valence-corrected chi connectivity index (χ2v) is 7.85. The summed E-state index contributed by atoms with van der Waals surface area (Å²) in [6.07, 6.45) is 3.10. The summed E-state index contributed by atoms with van der Waals surface area (Å²) in [5.41, 5.74) is 0.616. The molecule has 1 aromatic carbocycles. The van der Waals surface area contributed by atoms with Crippen molar-refractivity contribution >= 4 is 5.91 Å². The van der Waals surface area contributed by atoms with E-state index in [1.54, 1.807) is 7.11 Å². The molecule has 1 aromatic rings. The molecule has 1 saturated heterocycles. The molecule has 6 heteroatoms. The summed E-state index contributed by atoms with van der Waals surface area (Å²) in [7, 11) is 1.68. The monoisotopic (exact) mass is 370 g/mol. The maximum absolute atomic E-state index is 12.3. The number of benzene rings is 1. The molecule has 6 nitrogen and oxygen atoms in total. The molecule has 1 heterocycles. The molecule has 0 bridgehead atoms. The summed E-state index contributed by atoms with van der Waals surface area (Å²) in [6, 6.07) is 10.5. The number of carbonyl (C=O) groups is 1. The predicted octanol–water partition coefficient (Wildman–Crippen LogP) is 1.66. The molecule has 0 unspecified atom stereocenters. The van der Waals surface area contributed by atoms with Gasteiger partial charge in [0.25, 0.3) is 0 Å². The van der Waals surface area contributed by atoms with Crippen LogP contribution in [0.3, 0.4) is 0 Å². The molecule has 2 fully saturated rings. The van der Waals surface area contributed by atoms with Crippen LogP contribution in [-0.4, -0.2) is 67.6 Å². The number of carbonyl (C=O) groups excluding carboxylic acids is 1. The quantitative estimate of drug-likeness (QED) is 0.754. The van der Waals surface area contributed by atoms with Crippen LogP contribution in [0.1, 0.15) is 25.3 Å². The van der Waals surface area contributed by atoms with Gasteiger partial charge in [-0.25, -0.2) is 0 Å². The maximum atomic E-state index is 12.3. The lowest BCUT2D eigenvalue weighted by atomic mass is 9.98. The van der Waals surface area contributed by atoms with Crippen molar-refractivity contribution in [2.75, 3.05) is 46.4 Å². The molecular formula is C21H30N4O2. The van der Waals surface area contributed by atoms with Gasteiger partial charge < -0.3 is 15.0 Å². The SMILES string of the molecule is COc1ccc(CCN2CCN(CC(=O)N[C@](C)(C#N)C3CC3)CC2)cc1. The number of nitrogens with one attached hydrogen (secondary N) is 1. The highest BCUT2D eigenvalue weighted by molar-refractivity contribution is 5.79. The molecular weight excluding hydrogens is 340 g/mol. The van der Waals surface area contributed by atoms with Crippen LogP contribution in [0.5, 0.6) is 5.75 Å². The van der Waals surface area contributed by atoms with Crippen LogP contribution in [0.25, 0.3) is 0 Å². The van der Waals surface area contributed by atoms with Gasteiger partial charge in [-0.15, -0.1) is 0 Å². The zero-order chi connectivity index (χ0) is 19.3. The standard InChI is InChI=1S/C21H30N4O2/c1-21(16-22,18-5-6-18)23-20(26)15-25-13-11-24(12-14-25)10-9-17-3-7-19(27-2)8-4-17/h3-4,7-8,18H,5-6,9-15H2,1-2H3,(H,23,26)/t21-/m1/s1. The first-order chi connectivity index (χ1) is 13.0. The number of nitrogens with zero attached hydrogens (tertiary/aromatic N) is 3. The largest absolute Gasteiger partial charge is 0.497 e. The number of rotatable bonds is 8. The first kappa shape index (κ1) is 19.7. The van der Waals surface area contributed by atoms with Crippen LogP contribution >= 0.6 is 0 Å². The van der Waals surface area contributed by atoms with Gasteiger partial charge in [0.15, 0.2) is 0 Å². The van der Waals surface area contributed by atoms with E-state index < -0.39 is 5.54 Å². The van der Waals surface area contributed by atoms with Gasteiger partial charge in [-0.2, -0.15) is 5.26 Å². The molecule has 1 aliphatic carbocycles. The Morgan fingerprint density at radius 1 is 1.22 bits per heavy atom. The molecule has 2 aliphatic rings. The first-order valence-corrected chi connectivity index (χ1v) is 9.82. The fourth-order valence-electron chi connectivity index (χ4n) is 3.66. The summed E-state index contributed by atoms with van der Waals surface area (Å²) < 4.78 is 5.19. The molecule has 0 spiro atoms. The Hall–Kier alpha value is -2.10. The van der Waals surface area contributed by atoms with E-state index in [4.69, 9.17) is 4.74 Å². The topological polar surface area (TPSA) is 68.6 Å². The molecule has 1 saturated carbocycles.